The largest absolute Gasteiger partial charge is 0.310 e. The third kappa shape index (κ3) is 5.39. The Morgan fingerprint density at radius 3 is 0.985 bits per heavy atom. The van der Waals surface area contributed by atoms with Gasteiger partial charge in [-0.3, -0.25) is 0 Å². The Morgan fingerprint density at radius 1 is 0.333 bits per heavy atom. The van der Waals surface area contributed by atoms with Gasteiger partial charge in [0.2, 0.25) is 0 Å². The molecule has 4 aromatic heterocycles. The number of benzene rings is 9. The minimum absolute atomic E-state index is 0.219. The summed E-state index contributed by atoms with van der Waals surface area (Å²) in [4.78, 5) is 4.72. The topological polar surface area (TPSA) is 15.3 Å². The molecule has 0 atom stereocenters. The van der Waals surface area contributed by atoms with Gasteiger partial charge in [-0.25, -0.2) is 0 Å². The van der Waals surface area contributed by atoms with E-state index >= 15 is 0 Å². The van der Waals surface area contributed by atoms with Crippen LogP contribution < -0.4 is 9.80 Å². The third-order valence-corrected chi connectivity index (χ3v) is 13.9. The van der Waals surface area contributed by atoms with Crippen LogP contribution in [0.5, 0.6) is 0 Å². The quantitative estimate of drug-likeness (QED) is 0.166. The van der Waals surface area contributed by atoms with Gasteiger partial charge in [-0.1, -0.05) is 163 Å². The molecule has 0 saturated heterocycles. The molecule has 13 aromatic rings. The summed E-state index contributed by atoms with van der Waals surface area (Å²) in [6, 6.07) is 65.7. The molecule has 0 spiro atoms. The summed E-state index contributed by atoms with van der Waals surface area (Å²) in [6.45, 7) is 13.7. The molecule has 0 unspecified atom stereocenters. The van der Waals surface area contributed by atoms with Crippen LogP contribution in [0.25, 0.3) is 76.2 Å². The van der Waals surface area contributed by atoms with Gasteiger partial charge in [0, 0.05) is 65.8 Å². The molecule has 0 bridgehead atoms. The van der Waals surface area contributed by atoms with Crippen molar-refractivity contribution in [3.63, 3.8) is 0 Å². The van der Waals surface area contributed by atoms with Crippen LogP contribution in [0.4, 0.5) is 34.1 Å². The van der Waals surface area contributed by atoms with Gasteiger partial charge < -0.3 is 18.6 Å². The molecule has 4 heteroatoms. The second-order valence-electron chi connectivity index (χ2n) is 20.0. The van der Waals surface area contributed by atoms with Gasteiger partial charge in [0.25, 0.3) is 0 Å². The first-order valence-corrected chi connectivity index (χ1v) is 23.1. The highest BCUT2D eigenvalue weighted by molar-refractivity contribution is 6.32. The van der Waals surface area contributed by atoms with Gasteiger partial charge in [0.1, 0.15) is 0 Å². The third-order valence-electron chi connectivity index (χ3n) is 13.9. The van der Waals surface area contributed by atoms with Crippen molar-refractivity contribution in [1.82, 2.24) is 8.80 Å². The normalized spacial score (nSPS) is 13.1. The Kier molecular flexibility index (Phi) is 7.66. The van der Waals surface area contributed by atoms with E-state index in [1.54, 1.807) is 0 Å². The number of para-hydroxylation sites is 6. The van der Waals surface area contributed by atoms with Crippen molar-refractivity contribution < 1.29 is 2.74 Å². The predicted molar refractivity (Wildman–Crippen MR) is 283 cm³/mol. The highest BCUT2D eigenvalue weighted by Crippen LogP contribution is 2.52. The second kappa shape index (κ2) is 13.8. The minimum Gasteiger partial charge on any atom is -0.310 e. The van der Waals surface area contributed by atoms with Crippen molar-refractivity contribution in [2.45, 2.75) is 52.4 Å². The molecular formula is C62H50N4. The van der Waals surface area contributed by atoms with E-state index < -0.39 is 0 Å². The van der Waals surface area contributed by atoms with Crippen molar-refractivity contribution >= 4 is 110 Å². The minimum atomic E-state index is -0.219. The van der Waals surface area contributed by atoms with E-state index in [1.165, 1.54) is 11.1 Å². The van der Waals surface area contributed by atoms with E-state index in [0.29, 0.717) is 12.1 Å². The van der Waals surface area contributed by atoms with Gasteiger partial charge in [0.05, 0.1) is 47.2 Å². The number of aromatic nitrogens is 2. The Morgan fingerprint density at radius 2 is 0.667 bits per heavy atom. The highest BCUT2D eigenvalue weighted by Gasteiger charge is 2.31. The standard InChI is InChI=1S/C62H50N4/c1-61(2,3)49-31-19-29-45-55-51(63(39-21-11-7-12-22-39)40-23-13-8-14-24-40)35-33-43-47-38-54-48(37-53(47)65(57(45)49)59(43)55)44-34-36-52(64(41-25-15-9-16-26-41)42-27-17-10-18-28-42)56-46-30-20-32-50(62(4,5)6)58(46)66(54)60(44)56/h7-38H,1-6H3/i37D,38D. The molecular weight excluding hydrogens is 801 g/mol. The first kappa shape index (κ1) is 36.5. The molecule has 0 saturated carbocycles. The van der Waals surface area contributed by atoms with E-state index in [0.717, 1.165) is 110 Å². The van der Waals surface area contributed by atoms with Crippen LogP contribution in [0.1, 0.15) is 55.4 Å². The van der Waals surface area contributed by atoms with Crippen LogP contribution >= 0.6 is 0 Å². The second-order valence-corrected chi connectivity index (χ2v) is 20.0. The molecule has 13 rings (SSSR count). The van der Waals surface area contributed by atoms with Gasteiger partial charge in [-0.05, 0) is 94.7 Å². The van der Waals surface area contributed by atoms with Crippen LogP contribution in [0.2, 0.25) is 0 Å². The summed E-state index contributed by atoms with van der Waals surface area (Å²) < 4.78 is 26.2. The van der Waals surface area contributed by atoms with E-state index in [1.807, 2.05) is 0 Å². The number of hydrogen-bond donors (Lipinski definition) is 0. The van der Waals surface area contributed by atoms with Crippen LogP contribution in [0.3, 0.4) is 0 Å². The maximum atomic E-state index is 10.7. The molecule has 318 valence electrons. The lowest BCUT2D eigenvalue weighted by Gasteiger charge is -2.26. The molecule has 0 amide bonds. The summed E-state index contributed by atoms with van der Waals surface area (Å²) in [6.07, 6.45) is 0. The lowest BCUT2D eigenvalue weighted by Crippen LogP contribution is -2.12. The fourth-order valence-electron chi connectivity index (χ4n) is 11.2. The van der Waals surface area contributed by atoms with Crippen LogP contribution in [0.15, 0.2) is 194 Å². The number of hydrogen-bond acceptors (Lipinski definition) is 2. The molecule has 4 nitrogen and oxygen atoms in total. The molecule has 0 fully saturated rings. The zero-order valence-corrected chi connectivity index (χ0v) is 38.1. The number of anilines is 6. The highest BCUT2D eigenvalue weighted by atomic mass is 15.2. The molecule has 9 aromatic carbocycles. The average Bonchev–Trinajstić information content (AvgIpc) is 4.09. The van der Waals surface area contributed by atoms with Crippen LogP contribution in [-0.4, -0.2) is 8.80 Å². The number of nitrogens with zero attached hydrogens (tertiary/aromatic N) is 4. The van der Waals surface area contributed by atoms with E-state index in [2.05, 4.69) is 242 Å². The fraction of sp³-hybridized carbons (Fsp3) is 0.129. The lowest BCUT2D eigenvalue weighted by molar-refractivity contribution is 0.594. The van der Waals surface area contributed by atoms with E-state index in [9.17, 15) is 2.74 Å². The van der Waals surface area contributed by atoms with Gasteiger partial charge in [-0.15, -0.1) is 0 Å². The Balaban J connectivity index is 1.24. The average molecular weight is 853 g/mol. The molecule has 0 radical (unpaired) electrons. The van der Waals surface area contributed by atoms with Crippen molar-refractivity contribution in [2.75, 3.05) is 9.80 Å². The van der Waals surface area contributed by atoms with Gasteiger partial charge in [0.15, 0.2) is 0 Å². The first-order valence-electron chi connectivity index (χ1n) is 24.1. The number of fused-ring (bicyclic) bond motifs is 12. The van der Waals surface area contributed by atoms with E-state index in [-0.39, 0.29) is 10.8 Å². The van der Waals surface area contributed by atoms with Gasteiger partial charge in [-0.2, -0.15) is 0 Å². The Hall–Kier alpha value is -7.82. The maximum absolute atomic E-state index is 10.7. The van der Waals surface area contributed by atoms with Crippen LogP contribution in [0, 0.1) is 0 Å². The van der Waals surface area contributed by atoms with Crippen molar-refractivity contribution in [3.05, 3.63) is 205 Å². The Bertz CT molecular complexity index is 3760. The fourth-order valence-corrected chi connectivity index (χ4v) is 11.2. The molecule has 66 heavy (non-hydrogen) atoms. The Labute approximate surface area is 387 Å². The maximum Gasteiger partial charge on any atom is 0.0653 e. The summed E-state index contributed by atoms with van der Waals surface area (Å²) in [7, 11) is 0. The molecule has 0 aliphatic rings. The van der Waals surface area contributed by atoms with Crippen molar-refractivity contribution in [2.24, 2.45) is 0 Å². The SMILES string of the molecule is [2H]c1c2c3ccc(N(c4ccccc4)c4ccccc4)c4c5cccc(C(C)(C)C)c5n(c2c([2H])c2c5ccc(N(c6ccccc6)c6ccccc6)c6c7cccc(C(C)(C)C)c7n(c12)c56)c34. The molecule has 0 aliphatic heterocycles. The summed E-state index contributed by atoms with van der Waals surface area (Å²) in [5.74, 6) is 0. The first-order chi connectivity index (χ1) is 32.9. The zero-order chi connectivity index (χ0) is 46.4. The smallest absolute Gasteiger partial charge is 0.0653 e. The van der Waals surface area contributed by atoms with Gasteiger partial charge >= 0.3 is 0 Å². The summed E-state index contributed by atoms with van der Waals surface area (Å²) in [5.41, 5.74) is 14.2. The predicted octanol–water partition coefficient (Wildman–Crippen LogP) is 17.5. The van der Waals surface area contributed by atoms with E-state index in [4.69, 9.17) is 0 Å². The summed E-state index contributed by atoms with van der Waals surface area (Å²) >= 11 is 0. The zero-order valence-electron chi connectivity index (χ0n) is 40.1. The monoisotopic (exact) mass is 852 g/mol. The lowest BCUT2D eigenvalue weighted by atomic mass is 9.85. The number of rotatable bonds is 6. The van der Waals surface area contributed by atoms with Crippen LogP contribution in [-0.2, 0) is 10.8 Å². The summed E-state index contributed by atoms with van der Waals surface area (Å²) in [5, 5.41) is 8.09. The molecule has 4 heterocycles. The van der Waals surface area contributed by atoms with Crippen molar-refractivity contribution in [1.29, 1.82) is 0 Å². The molecule has 0 N–H and O–H groups in total. The van der Waals surface area contributed by atoms with Crippen molar-refractivity contribution in [3.8, 4) is 0 Å². The molecule has 0 aliphatic carbocycles.